The van der Waals surface area contributed by atoms with Crippen molar-refractivity contribution in [2.24, 2.45) is 5.92 Å². The molecule has 0 saturated heterocycles. The zero-order valence-corrected chi connectivity index (χ0v) is 13.7. The highest BCUT2D eigenvalue weighted by molar-refractivity contribution is 5.89. The fourth-order valence-electron chi connectivity index (χ4n) is 2.63. The lowest BCUT2D eigenvalue weighted by atomic mass is 9.81. The molecule has 0 aromatic heterocycles. The average molecular weight is 332 g/mol. The van der Waals surface area contributed by atoms with Crippen molar-refractivity contribution in [3.05, 3.63) is 0 Å². The van der Waals surface area contributed by atoms with E-state index in [9.17, 15) is 19.5 Å². The van der Waals surface area contributed by atoms with Crippen LogP contribution in [-0.2, 0) is 14.4 Å². The Bertz CT molecular complexity index is 394. The Morgan fingerprint density at radius 2 is 1.35 bits per heavy atom. The molecule has 0 heterocycles. The van der Waals surface area contributed by atoms with E-state index in [1.165, 1.54) is 12.8 Å². The van der Waals surface area contributed by atoms with Crippen molar-refractivity contribution < 1.29 is 34.8 Å². The summed E-state index contributed by atoms with van der Waals surface area (Å²) in [6, 6.07) is 0. The van der Waals surface area contributed by atoms with Crippen molar-refractivity contribution in [1.82, 2.24) is 0 Å². The lowest BCUT2D eigenvalue weighted by molar-refractivity contribution is -0.179. The molecule has 0 aromatic rings. The summed E-state index contributed by atoms with van der Waals surface area (Å²) in [6.07, 6.45) is 6.60. The second kappa shape index (κ2) is 11.0. The topological polar surface area (TPSA) is 132 Å². The van der Waals surface area contributed by atoms with Crippen LogP contribution in [0.2, 0.25) is 0 Å². The number of rotatable bonds is 14. The van der Waals surface area contributed by atoms with Gasteiger partial charge in [-0.15, -0.1) is 0 Å². The lowest BCUT2D eigenvalue weighted by Gasteiger charge is -2.28. The monoisotopic (exact) mass is 332 g/mol. The van der Waals surface area contributed by atoms with Crippen molar-refractivity contribution in [1.29, 1.82) is 0 Å². The molecule has 2 atom stereocenters. The average Bonchev–Trinajstić information content (AvgIpc) is 2.44. The number of carboxylic acids is 3. The maximum Gasteiger partial charge on any atom is 0.337 e. The number of unbranched alkanes of at least 4 members (excludes halogenated alkanes) is 7. The minimum Gasteiger partial charge on any atom is -0.481 e. The molecule has 0 spiro atoms. The summed E-state index contributed by atoms with van der Waals surface area (Å²) in [5.74, 6) is -6.47. The Labute approximate surface area is 136 Å². The highest BCUT2D eigenvalue weighted by atomic mass is 16.4. The molecular formula is C16H28O7. The third-order valence-electron chi connectivity index (χ3n) is 4.01. The summed E-state index contributed by atoms with van der Waals surface area (Å²) in [5.41, 5.74) is -2.78. The van der Waals surface area contributed by atoms with Crippen LogP contribution in [0.1, 0.15) is 71.1 Å². The molecule has 0 unspecified atom stereocenters. The van der Waals surface area contributed by atoms with Gasteiger partial charge in [-0.3, -0.25) is 9.59 Å². The van der Waals surface area contributed by atoms with Crippen LogP contribution in [-0.4, -0.2) is 43.9 Å². The molecule has 0 radical (unpaired) electrons. The number of carbonyl (C=O) groups is 3. The van der Waals surface area contributed by atoms with Gasteiger partial charge in [-0.1, -0.05) is 58.3 Å². The Balaban J connectivity index is 4.42. The van der Waals surface area contributed by atoms with E-state index < -0.39 is 35.8 Å². The Morgan fingerprint density at radius 1 is 0.870 bits per heavy atom. The summed E-state index contributed by atoms with van der Waals surface area (Å²) in [5, 5.41) is 37.0. The van der Waals surface area contributed by atoms with Crippen LogP contribution in [0.15, 0.2) is 0 Å². The van der Waals surface area contributed by atoms with Gasteiger partial charge in [0.25, 0.3) is 0 Å². The number of hydrogen-bond acceptors (Lipinski definition) is 4. The first-order chi connectivity index (χ1) is 10.8. The summed E-state index contributed by atoms with van der Waals surface area (Å²) in [7, 11) is 0. The van der Waals surface area contributed by atoms with Gasteiger partial charge in [-0.2, -0.15) is 0 Å². The van der Waals surface area contributed by atoms with Crippen LogP contribution >= 0.6 is 0 Å². The first kappa shape index (κ1) is 21.4. The summed E-state index contributed by atoms with van der Waals surface area (Å²) >= 11 is 0. The van der Waals surface area contributed by atoms with E-state index in [1.807, 2.05) is 0 Å². The van der Waals surface area contributed by atoms with Crippen LogP contribution in [0.3, 0.4) is 0 Å². The van der Waals surface area contributed by atoms with Crippen LogP contribution in [0, 0.1) is 5.92 Å². The van der Waals surface area contributed by atoms with Crippen LogP contribution in [0.4, 0.5) is 0 Å². The minimum atomic E-state index is -2.78. The normalized spacial score (nSPS) is 14.9. The predicted octanol–water partition coefficient (Wildman–Crippen LogP) is 2.51. The van der Waals surface area contributed by atoms with Gasteiger partial charge < -0.3 is 20.4 Å². The molecule has 7 heteroatoms. The Hall–Kier alpha value is -1.63. The Morgan fingerprint density at radius 3 is 1.74 bits per heavy atom. The highest BCUT2D eigenvalue weighted by Gasteiger charge is 2.49. The third kappa shape index (κ3) is 7.97. The van der Waals surface area contributed by atoms with E-state index in [0.717, 1.165) is 32.1 Å². The van der Waals surface area contributed by atoms with E-state index in [0.29, 0.717) is 6.42 Å². The van der Waals surface area contributed by atoms with Gasteiger partial charge in [0, 0.05) is 0 Å². The van der Waals surface area contributed by atoms with Crippen LogP contribution in [0.25, 0.3) is 0 Å². The van der Waals surface area contributed by atoms with Crippen LogP contribution in [0.5, 0.6) is 0 Å². The molecular weight excluding hydrogens is 304 g/mol. The zero-order chi connectivity index (χ0) is 17.9. The number of carboxylic acid groups (broad SMARTS) is 3. The van der Waals surface area contributed by atoms with Crippen molar-refractivity contribution in [2.45, 2.75) is 76.7 Å². The fraction of sp³-hybridized carbons (Fsp3) is 0.812. The van der Waals surface area contributed by atoms with E-state index in [2.05, 4.69) is 6.92 Å². The molecule has 0 rings (SSSR count). The van der Waals surface area contributed by atoms with Crippen molar-refractivity contribution in [3.8, 4) is 0 Å². The van der Waals surface area contributed by atoms with Gasteiger partial charge in [0.1, 0.15) is 0 Å². The first-order valence-corrected chi connectivity index (χ1v) is 8.16. The summed E-state index contributed by atoms with van der Waals surface area (Å²) < 4.78 is 0. The van der Waals surface area contributed by atoms with Gasteiger partial charge >= 0.3 is 17.9 Å². The largest absolute Gasteiger partial charge is 0.481 e. The molecule has 0 bridgehead atoms. The smallest absolute Gasteiger partial charge is 0.337 e. The molecule has 0 amide bonds. The van der Waals surface area contributed by atoms with Crippen molar-refractivity contribution >= 4 is 17.9 Å². The van der Waals surface area contributed by atoms with Crippen LogP contribution < -0.4 is 0 Å². The molecule has 134 valence electrons. The SMILES string of the molecule is CCCCCCCCCC[C@H](C(=O)O)[C@](O)(CC(=O)O)C(=O)O. The molecule has 4 N–H and O–H groups in total. The molecule has 0 fully saturated rings. The van der Waals surface area contributed by atoms with Gasteiger partial charge in [-0.25, -0.2) is 4.79 Å². The van der Waals surface area contributed by atoms with Gasteiger partial charge in [0.15, 0.2) is 5.60 Å². The molecule has 0 saturated carbocycles. The molecule has 23 heavy (non-hydrogen) atoms. The lowest BCUT2D eigenvalue weighted by Crippen LogP contribution is -2.50. The first-order valence-electron chi connectivity index (χ1n) is 8.16. The standard InChI is InChI=1S/C16H28O7/c1-2-3-4-5-6-7-8-9-10-12(14(19)20)16(23,15(21)22)11-13(17)18/h12,23H,2-11H2,1H3,(H,17,18)(H,19,20)(H,21,22)/t12-,16-/m1/s1. The highest BCUT2D eigenvalue weighted by Crippen LogP contribution is 2.28. The van der Waals surface area contributed by atoms with E-state index in [-0.39, 0.29) is 6.42 Å². The number of hydrogen-bond donors (Lipinski definition) is 4. The summed E-state index contributed by atoms with van der Waals surface area (Å²) in [6.45, 7) is 2.13. The zero-order valence-electron chi connectivity index (χ0n) is 13.7. The molecule has 0 aliphatic rings. The van der Waals surface area contributed by atoms with Crippen molar-refractivity contribution in [3.63, 3.8) is 0 Å². The fourth-order valence-corrected chi connectivity index (χ4v) is 2.63. The molecule has 0 aliphatic heterocycles. The van der Waals surface area contributed by atoms with Gasteiger partial charge in [0.2, 0.25) is 0 Å². The van der Waals surface area contributed by atoms with Gasteiger partial charge in [0.05, 0.1) is 12.3 Å². The third-order valence-corrected chi connectivity index (χ3v) is 4.01. The van der Waals surface area contributed by atoms with E-state index in [1.54, 1.807) is 0 Å². The Kier molecular flexibility index (Phi) is 10.2. The maximum absolute atomic E-state index is 11.3. The molecule has 7 nitrogen and oxygen atoms in total. The number of aliphatic hydroxyl groups is 1. The molecule has 0 aliphatic carbocycles. The second-order valence-electron chi connectivity index (χ2n) is 5.95. The number of aliphatic carboxylic acids is 3. The van der Waals surface area contributed by atoms with E-state index in [4.69, 9.17) is 15.3 Å². The van der Waals surface area contributed by atoms with Crippen molar-refractivity contribution in [2.75, 3.05) is 0 Å². The quantitative estimate of drug-likeness (QED) is 0.359. The van der Waals surface area contributed by atoms with E-state index >= 15 is 0 Å². The summed E-state index contributed by atoms with van der Waals surface area (Å²) in [4.78, 5) is 33.1. The van der Waals surface area contributed by atoms with Gasteiger partial charge in [-0.05, 0) is 6.42 Å². The predicted molar refractivity (Wildman–Crippen MR) is 83.2 cm³/mol. The second-order valence-corrected chi connectivity index (χ2v) is 5.95. The minimum absolute atomic E-state index is 0.0552. The molecule has 0 aromatic carbocycles. The maximum atomic E-state index is 11.3.